The number of ether oxygens (including phenoxy) is 1. The molecular weight excluding hydrogens is 374 g/mol. The number of carbonyl (C=O) groups is 1. The number of nitro benzene ring substituents is 1. The summed E-state index contributed by atoms with van der Waals surface area (Å²) in [6.07, 6.45) is 0. The Morgan fingerprint density at radius 2 is 1.82 bits per heavy atom. The Labute approximate surface area is 140 Å². The number of rotatable bonds is 3. The number of nitro groups is 1. The highest BCUT2D eigenvalue weighted by molar-refractivity contribution is 9.10. The highest BCUT2D eigenvalue weighted by Crippen LogP contribution is 2.29. The first-order valence-corrected chi connectivity index (χ1v) is 7.39. The molecule has 2 aromatic rings. The van der Waals surface area contributed by atoms with Gasteiger partial charge in [0.2, 0.25) is 0 Å². The summed E-state index contributed by atoms with van der Waals surface area (Å²) in [5.41, 5.74) is 1.30. The van der Waals surface area contributed by atoms with Crippen molar-refractivity contribution in [3.05, 3.63) is 66.6 Å². The number of halogens is 2. The molecule has 0 fully saturated rings. The van der Waals surface area contributed by atoms with Crippen LogP contribution >= 0.6 is 27.5 Å². The number of aryl methyl sites for hydroxylation is 2. The lowest BCUT2D eigenvalue weighted by Crippen LogP contribution is -2.10. The number of benzene rings is 2. The van der Waals surface area contributed by atoms with Crippen LogP contribution in [0.1, 0.15) is 21.5 Å². The normalized spacial score (nSPS) is 10.4. The Kier molecular flexibility index (Phi) is 4.83. The fourth-order valence-corrected chi connectivity index (χ4v) is 2.86. The van der Waals surface area contributed by atoms with Crippen LogP contribution < -0.4 is 4.74 Å². The Hall–Kier alpha value is -1.92. The molecule has 0 radical (unpaired) electrons. The molecule has 0 aromatic heterocycles. The van der Waals surface area contributed by atoms with Crippen LogP contribution in [0.5, 0.6) is 5.75 Å². The molecule has 22 heavy (non-hydrogen) atoms. The van der Waals surface area contributed by atoms with Crippen molar-refractivity contribution in [1.82, 2.24) is 0 Å². The molecule has 0 amide bonds. The van der Waals surface area contributed by atoms with E-state index in [-0.39, 0.29) is 16.3 Å². The lowest BCUT2D eigenvalue weighted by molar-refractivity contribution is -0.384. The van der Waals surface area contributed by atoms with Gasteiger partial charge in [0.1, 0.15) is 10.8 Å². The third-order valence-electron chi connectivity index (χ3n) is 3.00. The maximum Gasteiger partial charge on any atom is 0.343 e. The van der Waals surface area contributed by atoms with E-state index in [4.69, 9.17) is 16.3 Å². The van der Waals surface area contributed by atoms with Crippen LogP contribution in [-0.4, -0.2) is 10.9 Å². The van der Waals surface area contributed by atoms with Gasteiger partial charge in [-0.15, -0.1) is 0 Å². The summed E-state index contributed by atoms with van der Waals surface area (Å²) in [6, 6.07) is 7.44. The number of hydrogen-bond donors (Lipinski definition) is 0. The molecule has 0 bridgehead atoms. The van der Waals surface area contributed by atoms with Crippen molar-refractivity contribution in [1.29, 1.82) is 0 Å². The van der Waals surface area contributed by atoms with E-state index in [0.29, 0.717) is 5.75 Å². The summed E-state index contributed by atoms with van der Waals surface area (Å²) < 4.78 is 6.25. The molecule has 0 saturated heterocycles. The van der Waals surface area contributed by atoms with Crippen LogP contribution in [0, 0.1) is 24.0 Å². The average molecular weight is 385 g/mol. The molecule has 0 N–H and O–H groups in total. The first-order valence-electron chi connectivity index (χ1n) is 6.22. The Bertz CT molecular complexity index is 753. The van der Waals surface area contributed by atoms with Crippen LogP contribution in [0.4, 0.5) is 5.69 Å². The summed E-state index contributed by atoms with van der Waals surface area (Å²) >= 11 is 9.09. The summed E-state index contributed by atoms with van der Waals surface area (Å²) in [5, 5.41) is 10.8. The molecule has 0 aliphatic rings. The van der Waals surface area contributed by atoms with Crippen LogP contribution in [0.3, 0.4) is 0 Å². The van der Waals surface area contributed by atoms with E-state index >= 15 is 0 Å². The molecule has 0 aliphatic heterocycles. The van der Waals surface area contributed by atoms with Gasteiger partial charge in [-0.1, -0.05) is 27.5 Å². The monoisotopic (exact) mass is 383 g/mol. The molecule has 114 valence electrons. The van der Waals surface area contributed by atoms with Crippen molar-refractivity contribution in [3.8, 4) is 5.75 Å². The lowest BCUT2D eigenvalue weighted by atomic mass is 10.1. The standard InChI is InChI=1S/C15H11BrClNO4/c1-8-5-11(16)6-9(2)14(8)22-15(19)10-3-4-12(17)13(7-10)18(20)21/h3-7H,1-2H3. The fraction of sp³-hybridized carbons (Fsp3) is 0.133. The molecule has 0 heterocycles. The zero-order valence-electron chi connectivity index (χ0n) is 11.7. The molecule has 0 spiro atoms. The van der Waals surface area contributed by atoms with Crippen LogP contribution in [-0.2, 0) is 0 Å². The quantitative estimate of drug-likeness (QED) is 0.328. The van der Waals surface area contributed by atoms with Gasteiger partial charge in [-0.3, -0.25) is 10.1 Å². The van der Waals surface area contributed by atoms with Crippen molar-refractivity contribution in [3.63, 3.8) is 0 Å². The Morgan fingerprint density at radius 3 is 2.36 bits per heavy atom. The van der Waals surface area contributed by atoms with Gasteiger partial charge >= 0.3 is 5.97 Å². The highest BCUT2D eigenvalue weighted by Gasteiger charge is 2.19. The van der Waals surface area contributed by atoms with E-state index in [9.17, 15) is 14.9 Å². The molecule has 2 aromatic carbocycles. The van der Waals surface area contributed by atoms with E-state index in [1.165, 1.54) is 12.1 Å². The number of carbonyl (C=O) groups excluding carboxylic acids is 1. The summed E-state index contributed by atoms with van der Waals surface area (Å²) in [7, 11) is 0. The maximum atomic E-state index is 12.2. The van der Waals surface area contributed by atoms with E-state index in [2.05, 4.69) is 15.9 Å². The molecule has 0 saturated carbocycles. The van der Waals surface area contributed by atoms with Gasteiger partial charge in [0.15, 0.2) is 0 Å². The molecule has 5 nitrogen and oxygen atoms in total. The Balaban J connectivity index is 2.34. The zero-order valence-corrected chi connectivity index (χ0v) is 14.1. The van der Waals surface area contributed by atoms with Gasteiger partial charge in [0.25, 0.3) is 5.69 Å². The largest absolute Gasteiger partial charge is 0.422 e. The van der Waals surface area contributed by atoms with E-state index in [1.54, 1.807) is 0 Å². The zero-order chi connectivity index (χ0) is 16.4. The van der Waals surface area contributed by atoms with Crippen molar-refractivity contribution < 1.29 is 14.5 Å². The molecular formula is C15H11BrClNO4. The van der Waals surface area contributed by atoms with E-state index < -0.39 is 10.9 Å². The molecule has 7 heteroatoms. The topological polar surface area (TPSA) is 69.4 Å². The first kappa shape index (κ1) is 16.5. The molecule has 0 aliphatic carbocycles. The van der Waals surface area contributed by atoms with Crippen molar-refractivity contribution in [2.75, 3.05) is 0 Å². The van der Waals surface area contributed by atoms with Crippen molar-refractivity contribution in [2.45, 2.75) is 13.8 Å². The molecule has 2 rings (SSSR count). The Morgan fingerprint density at radius 1 is 1.23 bits per heavy atom. The van der Waals surface area contributed by atoms with E-state index in [0.717, 1.165) is 21.7 Å². The minimum Gasteiger partial charge on any atom is -0.422 e. The minimum atomic E-state index is -0.673. The molecule has 0 unspecified atom stereocenters. The smallest absolute Gasteiger partial charge is 0.343 e. The number of hydrogen-bond acceptors (Lipinski definition) is 4. The van der Waals surface area contributed by atoms with E-state index in [1.807, 2.05) is 26.0 Å². The summed E-state index contributed by atoms with van der Waals surface area (Å²) in [5.74, 6) is -0.237. The first-order chi connectivity index (χ1) is 10.3. The van der Waals surface area contributed by atoms with Gasteiger partial charge in [0, 0.05) is 10.5 Å². The highest BCUT2D eigenvalue weighted by atomic mass is 79.9. The minimum absolute atomic E-state index is 0.0300. The second-order valence-electron chi connectivity index (χ2n) is 4.68. The third-order valence-corrected chi connectivity index (χ3v) is 3.78. The second kappa shape index (κ2) is 6.46. The summed E-state index contributed by atoms with van der Waals surface area (Å²) in [4.78, 5) is 22.4. The number of nitrogens with zero attached hydrogens (tertiary/aromatic N) is 1. The predicted molar refractivity (Wildman–Crippen MR) is 86.7 cm³/mol. The average Bonchev–Trinajstić information content (AvgIpc) is 2.42. The SMILES string of the molecule is Cc1cc(Br)cc(C)c1OC(=O)c1ccc(Cl)c([N+](=O)[O-])c1. The maximum absolute atomic E-state index is 12.2. The number of esters is 1. The predicted octanol–water partition coefficient (Wildman–Crippen LogP) is 4.85. The summed E-state index contributed by atoms with van der Waals surface area (Å²) in [6.45, 7) is 3.62. The van der Waals surface area contributed by atoms with Gasteiger partial charge < -0.3 is 4.74 Å². The van der Waals surface area contributed by atoms with Crippen molar-refractivity contribution >= 4 is 39.2 Å². The van der Waals surface area contributed by atoms with Gasteiger partial charge in [-0.25, -0.2) is 4.79 Å². The second-order valence-corrected chi connectivity index (χ2v) is 6.00. The lowest BCUT2D eigenvalue weighted by Gasteiger charge is -2.11. The molecule has 0 atom stereocenters. The van der Waals surface area contributed by atoms with Gasteiger partial charge in [-0.05, 0) is 49.2 Å². The fourth-order valence-electron chi connectivity index (χ4n) is 1.99. The van der Waals surface area contributed by atoms with Crippen LogP contribution in [0.15, 0.2) is 34.8 Å². The van der Waals surface area contributed by atoms with Gasteiger partial charge in [-0.2, -0.15) is 0 Å². The third kappa shape index (κ3) is 3.45. The van der Waals surface area contributed by atoms with Crippen molar-refractivity contribution in [2.24, 2.45) is 0 Å². The van der Waals surface area contributed by atoms with Gasteiger partial charge in [0.05, 0.1) is 10.5 Å². The van der Waals surface area contributed by atoms with Crippen LogP contribution in [0.2, 0.25) is 5.02 Å². The van der Waals surface area contributed by atoms with Crippen LogP contribution in [0.25, 0.3) is 0 Å².